The van der Waals surface area contributed by atoms with Crippen molar-refractivity contribution >= 4 is 15.9 Å². The Bertz CT molecular complexity index is 455. The molecule has 6 heteroatoms. The Morgan fingerprint density at radius 1 is 1.52 bits per heavy atom. The molecule has 0 bridgehead atoms. The maximum absolute atomic E-state index is 6.25. The van der Waals surface area contributed by atoms with Crippen molar-refractivity contribution in [3.05, 3.63) is 16.4 Å². The zero-order valence-electron chi connectivity index (χ0n) is 13.2. The first-order chi connectivity index (χ1) is 10.1. The number of aromatic nitrogens is 2. The van der Waals surface area contributed by atoms with Gasteiger partial charge in [0.25, 0.3) is 0 Å². The van der Waals surface area contributed by atoms with Crippen LogP contribution in [0.25, 0.3) is 0 Å². The van der Waals surface area contributed by atoms with Crippen LogP contribution in [0.3, 0.4) is 0 Å². The van der Waals surface area contributed by atoms with Gasteiger partial charge in [-0.05, 0) is 61.4 Å². The number of nitrogens with one attached hydrogen (secondary N) is 1. The van der Waals surface area contributed by atoms with Gasteiger partial charge in [-0.25, -0.2) is 5.43 Å². The summed E-state index contributed by atoms with van der Waals surface area (Å²) in [5.74, 6) is 6.71. The molecule has 1 heterocycles. The van der Waals surface area contributed by atoms with Crippen LogP contribution < -0.4 is 11.3 Å². The van der Waals surface area contributed by atoms with Crippen molar-refractivity contribution in [2.75, 3.05) is 6.61 Å². The molecule has 0 saturated heterocycles. The normalized spacial score (nSPS) is 27.8. The average Bonchev–Trinajstić information content (AvgIpc) is 2.84. The van der Waals surface area contributed by atoms with Crippen LogP contribution in [0.2, 0.25) is 0 Å². The van der Waals surface area contributed by atoms with E-state index in [1.807, 2.05) is 10.9 Å². The molecule has 0 radical (unpaired) electrons. The summed E-state index contributed by atoms with van der Waals surface area (Å²) in [6.45, 7) is 7.97. The van der Waals surface area contributed by atoms with E-state index in [2.05, 4.69) is 47.2 Å². The van der Waals surface area contributed by atoms with Crippen LogP contribution in [0.5, 0.6) is 0 Å². The van der Waals surface area contributed by atoms with E-state index < -0.39 is 0 Å². The number of rotatable bonds is 6. The molecule has 5 nitrogen and oxygen atoms in total. The van der Waals surface area contributed by atoms with Crippen molar-refractivity contribution < 1.29 is 4.74 Å². The molecule has 21 heavy (non-hydrogen) atoms. The van der Waals surface area contributed by atoms with Crippen molar-refractivity contribution in [1.82, 2.24) is 15.2 Å². The van der Waals surface area contributed by atoms with Crippen molar-refractivity contribution in [2.24, 2.45) is 11.8 Å². The lowest BCUT2D eigenvalue weighted by atomic mass is 9.74. The summed E-state index contributed by atoms with van der Waals surface area (Å²) in [7, 11) is 0. The van der Waals surface area contributed by atoms with Crippen LogP contribution in [-0.4, -0.2) is 22.0 Å². The molecule has 0 aliphatic heterocycles. The quantitative estimate of drug-likeness (QED) is 0.605. The monoisotopic (exact) mass is 358 g/mol. The highest BCUT2D eigenvalue weighted by Gasteiger charge is 2.44. The molecule has 1 aromatic rings. The molecule has 1 unspecified atom stereocenters. The van der Waals surface area contributed by atoms with E-state index in [0.29, 0.717) is 6.61 Å². The fourth-order valence-electron chi connectivity index (χ4n) is 3.45. The van der Waals surface area contributed by atoms with Crippen LogP contribution in [0, 0.1) is 5.92 Å². The second-order valence-electron chi connectivity index (χ2n) is 5.97. The minimum Gasteiger partial charge on any atom is -0.373 e. The molecule has 1 atom stereocenters. The number of halogens is 1. The molecule has 1 aliphatic rings. The third-order valence-corrected chi connectivity index (χ3v) is 5.26. The van der Waals surface area contributed by atoms with Gasteiger partial charge in [-0.15, -0.1) is 0 Å². The second kappa shape index (κ2) is 7.22. The molecule has 1 aromatic heterocycles. The van der Waals surface area contributed by atoms with Gasteiger partial charge in [0.05, 0.1) is 28.0 Å². The zero-order valence-corrected chi connectivity index (χ0v) is 14.8. The van der Waals surface area contributed by atoms with Crippen LogP contribution >= 0.6 is 15.9 Å². The Morgan fingerprint density at radius 3 is 2.71 bits per heavy atom. The van der Waals surface area contributed by atoms with Crippen molar-refractivity contribution in [2.45, 2.75) is 64.6 Å². The van der Waals surface area contributed by atoms with Crippen molar-refractivity contribution in [1.29, 1.82) is 0 Å². The number of nitrogens with zero attached hydrogens (tertiary/aromatic N) is 2. The Hall–Kier alpha value is -0.430. The minimum atomic E-state index is -0.245. The number of hydrazine groups is 1. The van der Waals surface area contributed by atoms with E-state index in [1.54, 1.807) is 0 Å². The maximum Gasteiger partial charge on any atom is 0.0929 e. The molecule has 0 aromatic carbocycles. The summed E-state index contributed by atoms with van der Waals surface area (Å²) in [6.07, 6.45) is 6.25. The first-order valence-electron chi connectivity index (χ1n) is 7.89. The highest BCUT2D eigenvalue weighted by Crippen LogP contribution is 2.44. The van der Waals surface area contributed by atoms with E-state index in [4.69, 9.17) is 10.6 Å². The third-order valence-electron chi connectivity index (χ3n) is 4.65. The molecule has 2 rings (SSSR count). The van der Waals surface area contributed by atoms with Gasteiger partial charge in [0.15, 0.2) is 0 Å². The zero-order chi connectivity index (χ0) is 15.5. The third kappa shape index (κ3) is 3.33. The Balaban J connectivity index is 2.38. The predicted molar refractivity (Wildman–Crippen MR) is 87.7 cm³/mol. The summed E-state index contributed by atoms with van der Waals surface area (Å²) in [5, 5.41) is 4.42. The van der Waals surface area contributed by atoms with Gasteiger partial charge in [-0.3, -0.25) is 10.5 Å². The molecular weight excluding hydrogens is 332 g/mol. The fraction of sp³-hybridized carbons (Fsp3) is 0.800. The first kappa shape index (κ1) is 16.9. The topological polar surface area (TPSA) is 65.1 Å². The molecule has 1 fully saturated rings. The van der Waals surface area contributed by atoms with Crippen LogP contribution in [0.1, 0.15) is 58.2 Å². The van der Waals surface area contributed by atoms with Crippen LogP contribution in [-0.2, 0) is 11.3 Å². The second-order valence-corrected chi connectivity index (χ2v) is 6.83. The van der Waals surface area contributed by atoms with Gasteiger partial charge in [0.2, 0.25) is 0 Å². The van der Waals surface area contributed by atoms with Crippen LogP contribution in [0.4, 0.5) is 0 Å². The summed E-state index contributed by atoms with van der Waals surface area (Å²) in [4.78, 5) is 0. The smallest absolute Gasteiger partial charge is 0.0929 e. The summed E-state index contributed by atoms with van der Waals surface area (Å²) in [5.41, 5.74) is 3.86. The minimum absolute atomic E-state index is 0.0539. The lowest BCUT2D eigenvalue weighted by molar-refractivity contribution is -0.0994. The average molecular weight is 359 g/mol. The van der Waals surface area contributed by atoms with Crippen LogP contribution in [0.15, 0.2) is 10.7 Å². The molecule has 0 amide bonds. The summed E-state index contributed by atoms with van der Waals surface area (Å²) in [6, 6.07) is -0.0539. The Labute approximate surface area is 135 Å². The van der Waals surface area contributed by atoms with E-state index in [0.717, 1.165) is 35.5 Å². The maximum atomic E-state index is 6.25. The van der Waals surface area contributed by atoms with Gasteiger partial charge in [-0.2, -0.15) is 5.10 Å². The van der Waals surface area contributed by atoms with E-state index >= 15 is 0 Å². The van der Waals surface area contributed by atoms with E-state index in [-0.39, 0.29) is 11.6 Å². The molecule has 1 saturated carbocycles. The highest BCUT2D eigenvalue weighted by molar-refractivity contribution is 9.10. The van der Waals surface area contributed by atoms with Gasteiger partial charge >= 0.3 is 0 Å². The number of ether oxygens (including phenoxy) is 1. The number of nitrogens with two attached hydrogens (primary N) is 1. The molecule has 1 aliphatic carbocycles. The fourth-order valence-corrected chi connectivity index (χ4v) is 3.97. The highest BCUT2D eigenvalue weighted by atomic mass is 79.9. The SMILES string of the molecule is CCOC1(C(NN)c2c(Br)cnn2CC)CCC(C)CC1. The first-order valence-corrected chi connectivity index (χ1v) is 8.68. The standard InChI is InChI=1S/C15H27BrN4O/c1-4-20-13(12(16)10-18-20)14(19-17)15(21-5-2)8-6-11(3)7-9-15/h10-11,14,19H,4-9,17H2,1-3H3. The summed E-state index contributed by atoms with van der Waals surface area (Å²) >= 11 is 3.62. The predicted octanol–water partition coefficient (Wildman–Crippen LogP) is 3.16. The largest absolute Gasteiger partial charge is 0.373 e. The van der Waals surface area contributed by atoms with Gasteiger partial charge < -0.3 is 4.74 Å². The van der Waals surface area contributed by atoms with Crippen molar-refractivity contribution in [3.63, 3.8) is 0 Å². The Morgan fingerprint density at radius 2 is 2.19 bits per heavy atom. The number of hydrogen-bond donors (Lipinski definition) is 2. The van der Waals surface area contributed by atoms with Gasteiger partial charge in [0.1, 0.15) is 0 Å². The van der Waals surface area contributed by atoms with E-state index in [1.165, 1.54) is 12.8 Å². The van der Waals surface area contributed by atoms with E-state index in [9.17, 15) is 0 Å². The Kier molecular flexibility index (Phi) is 5.82. The lowest BCUT2D eigenvalue weighted by Crippen LogP contribution is -2.51. The molecule has 3 N–H and O–H groups in total. The molecular formula is C15H27BrN4O. The van der Waals surface area contributed by atoms with Gasteiger partial charge in [-0.1, -0.05) is 6.92 Å². The molecule has 120 valence electrons. The number of aryl methyl sites for hydroxylation is 1. The number of hydrogen-bond acceptors (Lipinski definition) is 4. The molecule has 0 spiro atoms. The van der Waals surface area contributed by atoms with Gasteiger partial charge in [0, 0.05) is 13.2 Å². The lowest BCUT2D eigenvalue weighted by Gasteiger charge is -2.44. The summed E-state index contributed by atoms with van der Waals surface area (Å²) < 4.78 is 9.23. The van der Waals surface area contributed by atoms with Crippen molar-refractivity contribution in [3.8, 4) is 0 Å².